The lowest BCUT2D eigenvalue weighted by molar-refractivity contribution is 0.0724. The second-order valence-electron chi connectivity index (χ2n) is 8.57. The van der Waals surface area contributed by atoms with E-state index in [1.165, 1.54) is 58.0 Å². The molecule has 6 heteroatoms. The number of hydrogen-bond acceptors (Lipinski definition) is 4. The van der Waals surface area contributed by atoms with Gasteiger partial charge >= 0.3 is 0 Å². The first-order valence-corrected chi connectivity index (χ1v) is 11.5. The number of pyridine rings is 1. The van der Waals surface area contributed by atoms with Crippen LogP contribution in [0.4, 0.5) is 5.82 Å². The molecule has 0 saturated carbocycles. The first-order valence-electron chi connectivity index (χ1n) is 11.2. The summed E-state index contributed by atoms with van der Waals surface area (Å²) in [4.78, 5) is 24.3. The Morgan fingerprint density at radius 1 is 0.929 bits per heavy atom. The second kappa shape index (κ2) is 9.45. The third-order valence-electron chi connectivity index (χ3n) is 6.57. The largest absolute Gasteiger partial charge is 0.354 e. The van der Waals surface area contributed by atoms with Crippen molar-refractivity contribution in [3.8, 4) is 0 Å². The van der Waals surface area contributed by atoms with E-state index in [-0.39, 0.29) is 5.91 Å². The van der Waals surface area contributed by atoms with Gasteiger partial charge in [-0.2, -0.15) is 0 Å². The lowest BCUT2D eigenvalue weighted by Crippen LogP contribution is -2.48. The van der Waals surface area contributed by atoms with Crippen LogP contribution in [0.15, 0.2) is 12.3 Å². The molecule has 1 aromatic rings. The lowest BCUT2D eigenvalue weighted by atomic mass is 10.0. The minimum Gasteiger partial charge on any atom is -0.354 e. The van der Waals surface area contributed by atoms with Gasteiger partial charge in [-0.1, -0.05) is 24.4 Å². The molecule has 0 spiro atoms. The molecule has 0 N–H and O–H groups in total. The average Bonchev–Trinajstić information content (AvgIpc) is 3.03. The molecule has 1 atom stereocenters. The molecule has 1 unspecified atom stereocenters. The van der Waals surface area contributed by atoms with E-state index in [9.17, 15) is 4.79 Å². The van der Waals surface area contributed by atoms with Crippen molar-refractivity contribution in [2.75, 3.05) is 44.2 Å². The highest BCUT2D eigenvalue weighted by molar-refractivity contribution is 6.33. The fraction of sp³-hybridized carbons (Fsp3) is 0.727. The van der Waals surface area contributed by atoms with Gasteiger partial charge in [0.15, 0.2) is 0 Å². The fourth-order valence-corrected chi connectivity index (χ4v) is 5.25. The summed E-state index contributed by atoms with van der Waals surface area (Å²) < 4.78 is 0. The maximum Gasteiger partial charge on any atom is 0.255 e. The van der Waals surface area contributed by atoms with Crippen molar-refractivity contribution in [1.82, 2.24) is 14.8 Å². The molecule has 0 aromatic carbocycles. The van der Waals surface area contributed by atoms with Crippen LogP contribution < -0.4 is 4.90 Å². The third kappa shape index (κ3) is 4.62. The Morgan fingerprint density at radius 3 is 2.32 bits per heavy atom. The molecule has 3 aliphatic heterocycles. The van der Waals surface area contributed by atoms with Crippen molar-refractivity contribution in [3.05, 3.63) is 22.8 Å². The van der Waals surface area contributed by atoms with E-state index < -0.39 is 0 Å². The molecular formula is C22H33ClN4O. The molecule has 4 heterocycles. The fourth-order valence-electron chi connectivity index (χ4n) is 4.97. The van der Waals surface area contributed by atoms with E-state index in [4.69, 9.17) is 11.6 Å². The predicted octanol–water partition coefficient (Wildman–Crippen LogP) is 4.21. The highest BCUT2D eigenvalue weighted by Crippen LogP contribution is 2.29. The summed E-state index contributed by atoms with van der Waals surface area (Å²) in [5.41, 5.74) is 0.622. The number of carbonyl (C=O) groups excluding carboxylic acids is 1. The van der Waals surface area contributed by atoms with Gasteiger partial charge in [0.25, 0.3) is 5.91 Å². The summed E-state index contributed by atoms with van der Waals surface area (Å²) in [5, 5.41) is 0.611. The van der Waals surface area contributed by atoms with Gasteiger partial charge in [0.2, 0.25) is 0 Å². The van der Waals surface area contributed by atoms with E-state index >= 15 is 0 Å². The van der Waals surface area contributed by atoms with Gasteiger partial charge in [-0.05, 0) is 64.1 Å². The lowest BCUT2D eigenvalue weighted by Gasteiger charge is -2.39. The Morgan fingerprint density at radius 2 is 1.61 bits per heavy atom. The van der Waals surface area contributed by atoms with Gasteiger partial charge in [-0.15, -0.1) is 0 Å². The first kappa shape index (κ1) is 20.0. The van der Waals surface area contributed by atoms with Crippen molar-refractivity contribution in [1.29, 1.82) is 0 Å². The normalized spacial score (nSPS) is 24.8. The van der Waals surface area contributed by atoms with Crippen LogP contribution in [-0.4, -0.2) is 66.0 Å². The maximum atomic E-state index is 12.7. The van der Waals surface area contributed by atoms with Gasteiger partial charge in [-0.3, -0.25) is 9.69 Å². The average molecular weight is 405 g/mol. The number of likely N-dealkylation sites (tertiary alicyclic amines) is 2. The van der Waals surface area contributed by atoms with E-state index in [2.05, 4.69) is 14.8 Å². The number of piperidine rings is 2. The number of carbonyl (C=O) groups is 1. The van der Waals surface area contributed by atoms with Crippen LogP contribution >= 0.6 is 11.6 Å². The van der Waals surface area contributed by atoms with Gasteiger partial charge in [0, 0.05) is 38.4 Å². The molecule has 28 heavy (non-hydrogen) atoms. The number of anilines is 1. The Bertz CT molecular complexity index is 669. The molecule has 0 radical (unpaired) electrons. The number of rotatable bonds is 3. The summed E-state index contributed by atoms with van der Waals surface area (Å²) in [7, 11) is 0. The Kier molecular flexibility index (Phi) is 6.73. The van der Waals surface area contributed by atoms with Crippen LogP contribution in [0.5, 0.6) is 0 Å². The van der Waals surface area contributed by atoms with Crippen LogP contribution in [0.1, 0.15) is 68.1 Å². The number of amides is 1. The zero-order chi connectivity index (χ0) is 19.3. The van der Waals surface area contributed by atoms with Gasteiger partial charge in [0.1, 0.15) is 5.82 Å². The maximum absolute atomic E-state index is 12.7. The smallest absolute Gasteiger partial charge is 0.255 e. The van der Waals surface area contributed by atoms with E-state index in [1.807, 2.05) is 11.0 Å². The second-order valence-corrected chi connectivity index (χ2v) is 8.98. The van der Waals surface area contributed by atoms with Crippen molar-refractivity contribution in [2.45, 2.75) is 63.8 Å². The molecule has 3 saturated heterocycles. The summed E-state index contributed by atoms with van der Waals surface area (Å²) in [6.45, 7) is 6.14. The van der Waals surface area contributed by atoms with Crippen molar-refractivity contribution >= 4 is 23.3 Å². The van der Waals surface area contributed by atoms with E-state index in [1.54, 1.807) is 6.20 Å². The first-order chi connectivity index (χ1) is 13.7. The standard InChI is InChI=1S/C22H33ClN4O/c23-20-15-18(22(28)26-12-6-3-7-13-26)16-24-21(20)27-14-8-9-19(17-27)25-10-4-1-2-5-11-25/h15-16,19H,1-14,17H2. The van der Waals surface area contributed by atoms with Crippen molar-refractivity contribution in [2.24, 2.45) is 0 Å². The molecule has 154 valence electrons. The molecule has 1 aromatic heterocycles. The number of halogens is 1. The Hall–Kier alpha value is -1.33. The number of hydrogen-bond donors (Lipinski definition) is 0. The van der Waals surface area contributed by atoms with E-state index in [0.717, 1.165) is 44.8 Å². The van der Waals surface area contributed by atoms with E-state index in [0.29, 0.717) is 16.6 Å². The third-order valence-corrected chi connectivity index (χ3v) is 6.84. The Labute approximate surface area is 174 Å². The molecule has 0 aliphatic carbocycles. The molecule has 1 amide bonds. The monoisotopic (exact) mass is 404 g/mol. The summed E-state index contributed by atoms with van der Waals surface area (Å²) in [6, 6.07) is 2.43. The number of nitrogens with zero attached hydrogens (tertiary/aromatic N) is 4. The van der Waals surface area contributed by atoms with Crippen LogP contribution in [0.25, 0.3) is 0 Å². The molecule has 3 aliphatic rings. The molecule has 4 rings (SSSR count). The zero-order valence-corrected chi connectivity index (χ0v) is 17.7. The van der Waals surface area contributed by atoms with Crippen LogP contribution in [0, 0.1) is 0 Å². The minimum absolute atomic E-state index is 0.0711. The predicted molar refractivity (Wildman–Crippen MR) is 114 cm³/mol. The highest BCUT2D eigenvalue weighted by atomic mass is 35.5. The van der Waals surface area contributed by atoms with Crippen molar-refractivity contribution in [3.63, 3.8) is 0 Å². The molecule has 5 nitrogen and oxygen atoms in total. The molecule has 0 bridgehead atoms. The minimum atomic E-state index is 0.0711. The van der Waals surface area contributed by atoms with Crippen LogP contribution in [0.2, 0.25) is 5.02 Å². The summed E-state index contributed by atoms with van der Waals surface area (Å²) >= 11 is 6.62. The molecule has 3 fully saturated rings. The van der Waals surface area contributed by atoms with Gasteiger partial charge in [-0.25, -0.2) is 4.98 Å². The summed E-state index contributed by atoms with van der Waals surface area (Å²) in [5.74, 6) is 0.915. The quantitative estimate of drug-likeness (QED) is 0.756. The number of aromatic nitrogens is 1. The Balaban J connectivity index is 1.44. The molecular weight excluding hydrogens is 372 g/mol. The van der Waals surface area contributed by atoms with Gasteiger partial charge < -0.3 is 9.80 Å². The SMILES string of the molecule is O=C(c1cnc(N2CCCC(N3CCCCCC3)C2)c(Cl)c1)N1CCCCC1. The van der Waals surface area contributed by atoms with Crippen LogP contribution in [0.3, 0.4) is 0 Å². The van der Waals surface area contributed by atoms with Gasteiger partial charge in [0.05, 0.1) is 10.6 Å². The van der Waals surface area contributed by atoms with Crippen molar-refractivity contribution < 1.29 is 4.79 Å². The zero-order valence-electron chi connectivity index (χ0n) is 16.9. The highest BCUT2D eigenvalue weighted by Gasteiger charge is 2.28. The topological polar surface area (TPSA) is 39.7 Å². The van der Waals surface area contributed by atoms with Crippen LogP contribution in [-0.2, 0) is 0 Å². The summed E-state index contributed by atoms with van der Waals surface area (Å²) in [6.07, 6.45) is 13.0.